The summed E-state index contributed by atoms with van der Waals surface area (Å²) in [4.78, 5) is 72.7. The minimum Gasteiger partial charge on any atom is -0.497 e. The third-order valence-corrected chi connectivity index (χ3v) is 13.7. The Bertz CT molecular complexity index is 3030. The van der Waals surface area contributed by atoms with Crippen LogP contribution in [0.5, 0.6) is 17.2 Å². The maximum absolute atomic E-state index is 14.6. The normalized spacial score (nSPS) is 18.7. The molecule has 5 aromatic carbocycles. The number of piperidine rings is 3. The van der Waals surface area contributed by atoms with Crippen LogP contribution in [-0.4, -0.2) is 96.6 Å². The molecule has 453 valence electrons. The molecule has 3 fully saturated rings. The van der Waals surface area contributed by atoms with Gasteiger partial charge in [-0.3, -0.25) is 24.0 Å². The van der Waals surface area contributed by atoms with Gasteiger partial charge in [0, 0.05) is 147 Å². The van der Waals surface area contributed by atoms with Gasteiger partial charge >= 0.3 is 5.97 Å². The summed E-state index contributed by atoms with van der Waals surface area (Å²) in [7, 11) is 3.96. The van der Waals surface area contributed by atoms with Crippen molar-refractivity contribution in [2.75, 3.05) is 41.0 Å². The number of hydrogen-bond acceptors (Lipinski definition) is 12. The van der Waals surface area contributed by atoms with Crippen molar-refractivity contribution in [3.63, 3.8) is 0 Å². The lowest BCUT2D eigenvalue weighted by atomic mass is 9.77. The maximum atomic E-state index is 14.6. The number of carbonyl (C=O) groups excluding carboxylic acids is 6. The zero-order valence-corrected chi connectivity index (χ0v) is 48.4. The molecular weight excluding hydrogens is 1170 g/mol. The summed E-state index contributed by atoms with van der Waals surface area (Å²) in [5, 5.41) is 9.11. The molecule has 0 spiro atoms. The van der Waals surface area contributed by atoms with Crippen LogP contribution in [0.15, 0.2) is 89.9 Å². The Morgan fingerprint density at radius 2 is 0.952 bits per heavy atom. The van der Waals surface area contributed by atoms with Crippen LogP contribution in [-0.2, 0) is 39.9 Å². The second-order valence-electron chi connectivity index (χ2n) is 20.1. The lowest BCUT2D eigenvalue weighted by molar-refractivity contribution is -0.156. The molecule has 8 rings (SSSR count). The van der Waals surface area contributed by atoms with Crippen LogP contribution in [0.4, 0.5) is 32.0 Å². The van der Waals surface area contributed by atoms with Crippen LogP contribution in [0.1, 0.15) is 100 Å². The van der Waals surface area contributed by atoms with E-state index in [4.69, 9.17) is 47.9 Å². The van der Waals surface area contributed by atoms with Gasteiger partial charge in [-0.2, -0.15) is 4.99 Å². The number of amides is 3. The number of nitrogens with one attached hydrogen (secondary N) is 3. The topological polar surface area (TPSA) is 214 Å². The van der Waals surface area contributed by atoms with Gasteiger partial charge in [0.1, 0.15) is 63.5 Å². The van der Waals surface area contributed by atoms with Crippen molar-refractivity contribution in [1.29, 1.82) is 0 Å². The summed E-state index contributed by atoms with van der Waals surface area (Å²) in [6, 6.07) is 19.6. The number of halogens is 9. The van der Waals surface area contributed by atoms with Crippen molar-refractivity contribution in [1.82, 2.24) is 16.0 Å². The summed E-state index contributed by atoms with van der Waals surface area (Å²) < 4.78 is 106. The number of rotatable bonds is 13. The van der Waals surface area contributed by atoms with E-state index in [0.717, 1.165) is 42.0 Å². The molecular formula is C59H66BCl3F6N5O10. The molecule has 3 aliphatic heterocycles. The SMILES string of the molecule is C.COc1cc(F)c(C2CC(=O)NC[C@H]2CC(=O)Cc2ccc(Cl)cc2)c(F)c1.COc1cc(F)c(C2CC(=O)NC[C@H]2CC(=O)OC(C)(C)C)c(F)c1.COc1cc(F)c(C2CC(=O)NC[C@H]2N)c(F)c1.Cl.O=C=Nc1ccc(Cl)cc1.[B]. The molecule has 3 amide bonds. The number of esters is 1. The maximum Gasteiger partial charge on any atom is 0.306 e. The first-order chi connectivity index (χ1) is 38.3. The van der Waals surface area contributed by atoms with Crippen molar-refractivity contribution >= 4 is 85.3 Å². The lowest BCUT2D eigenvalue weighted by Gasteiger charge is -2.32. The van der Waals surface area contributed by atoms with Gasteiger partial charge in [0.25, 0.3) is 0 Å². The summed E-state index contributed by atoms with van der Waals surface area (Å²) in [5.41, 5.74) is 6.03. The first kappa shape index (κ1) is 73.0. The third kappa shape index (κ3) is 21.5. The monoisotopic (exact) mass is 1230 g/mol. The minimum atomic E-state index is -0.786. The molecule has 3 unspecified atom stereocenters. The van der Waals surface area contributed by atoms with Crippen LogP contribution in [0.3, 0.4) is 0 Å². The molecule has 3 saturated heterocycles. The Hall–Kier alpha value is -7.10. The summed E-state index contributed by atoms with van der Waals surface area (Å²) in [6.45, 7) is 5.80. The molecule has 5 aromatic rings. The summed E-state index contributed by atoms with van der Waals surface area (Å²) in [5.74, 6) is -8.70. The van der Waals surface area contributed by atoms with Crippen molar-refractivity contribution in [3.05, 3.63) is 152 Å². The highest BCUT2D eigenvalue weighted by atomic mass is 35.5. The number of methoxy groups -OCH3 is 3. The summed E-state index contributed by atoms with van der Waals surface area (Å²) >= 11 is 11.4. The van der Waals surface area contributed by atoms with E-state index in [1.54, 1.807) is 69.3 Å². The zero-order valence-electron chi connectivity index (χ0n) is 46.0. The van der Waals surface area contributed by atoms with Crippen LogP contribution in [0, 0.1) is 46.7 Å². The smallest absolute Gasteiger partial charge is 0.306 e. The number of benzene rings is 5. The van der Waals surface area contributed by atoms with E-state index >= 15 is 0 Å². The van der Waals surface area contributed by atoms with Crippen LogP contribution in [0.2, 0.25) is 10.0 Å². The molecule has 0 aliphatic carbocycles. The molecule has 5 N–H and O–H groups in total. The third-order valence-electron chi connectivity index (χ3n) is 13.2. The number of ether oxygens (including phenoxy) is 4. The van der Waals surface area contributed by atoms with Gasteiger partial charge < -0.3 is 40.6 Å². The van der Waals surface area contributed by atoms with E-state index in [1.165, 1.54) is 27.4 Å². The summed E-state index contributed by atoms with van der Waals surface area (Å²) in [6.07, 6.45) is 1.53. The number of Topliss-reactive ketones (excluding diaryl/α,β-unsaturated/α-hetero) is 1. The molecule has 0 aromatic heterocycles. The largest absolute Gasteiger partial charge is 0.497 e. The van der Waals surface area contributed by atoms with E-state index in [0.29, 0.717) is 15.7 Å². The average molecular weight is 1240 g/mol. The minimum absolute atomic E-state index is 0. The molecule has 15 nitrogen and oxygen atoms in total. The lowest BCUT2D eigenvalue weighted by Crippen LogP contribution is -2.48. The fraction of sp³-hybridized carbons (Fsp3) is 0.390. The standard InChI is InChI=1S/C21H20ClF2NO3.C18H23F2NO4.C12H14F2N2O2.C7H4ClNO.CH4.B.ClH/c1-28-16-8-18(23)21(19(24)9-16)17-10-20(27)25-11-13(17)7-15(26)6-12-2-4-14(22)5-3-12;1-18(2,3)25-16(23)5-10-9-21-15(22)8-12(10)17-13(19)6-11(24-4)7-14(17)20;1-18-6-2-8(13)12(9(14)3-6)7-4-11(17)16-5-10(7)15;8-6-1-3-7(4-2-6)9-5-10;;;/h2-5,8-9,13,17H,6-7,10-11H2,1H3,(H,25,27);6-7,10,12H,5,8-9H2,1-4H3,(H,21,22);2-3,7,10H,4-5,15H2,1H3,(H,16,17);1-4H;1H4;;1H/t13-,17?;10-,12?;7?,10-;;;;/m111..../s1. The Morgan fingerprint density at radius 1 is 0.607 bits per heavy atom. The van der Waals surface area contributed by atoms with E-state index in [9.17, 15) is 55.1 Å². The number of nitrogens with two attached hydrogens (primary N) is 1. The zero-order chi connectivity index (χ0) is 59.7. The Labute approximate surface area is 502 Å². The molecule has 6 atom stereocenters. The fourth-order valence-corrected chi connectivity index (χ4v) is 9.58. The van der Waals surface area contributed by atoms with Gasteiger partial charge in [0.2, 0.25) is 23.8 Å². The first-order valence-corrected chi connectivity index (χ1v) is 26.0. The predicted molar refractivity (Wildman–Crippen MR) is 309 cm³/mol. The molecule has 0 saturated carbocycles. The number of hydrogen-bond donors (Lipinski definition) is 4. The van der Waals surface area contributed by atoms with E-state index in [1.807, 2.05) is 0 Å². The van der Waals surface area contributed by atoms with Gasteiger partial charge in [-0.25, -0.2) is 31.1 Å². The van der Waals surface area contributed by atoms with Gasteiger partial charge in [-0.05, 0) is 74.6 Å². The van der Waals surface area contributed by atoms with E-state index < -0.39 is 82.1 Å². The van der Waals surface area contributed by atoms with Gasteiger partial charge in [0.15, 0.2) is 0 Å². The van der Waals surface area contributed by atoms with Crippen molar-refractivity contribution in [3.8, 4) is 17.2 Å². The van der Waals surface area contributed by atoms with Crippen molar-refractivity contribution in [2.24, 2.45) is 22.6 Å². The molecule has 3 radical (unpaired) electrons. The molecule has 3 heterocycles. The van der Waals surface area contributed by atoms with Gasteiger partial charge in [-0.1, -0.05) is 42.8 Å². The number of nitrogens with zero attached hydrogens (tertiary/aromatic N) is 1. The first-order valence-electron chi connectivity index (χ1n) is 25.3. The number of isocyanates is 1. The van der Waals surface area contributed by atoms with Gasteiger partial charge in [-0.15, -0.1) is 12.4 Å². The number of aliphatic imine (C=N–C) groups is 1. The molecule has 84 heavy (non-hydrogen) atoms. The van der Waals surface area contributed by atoms with E-state index in [-0.39, 0.29) is 144 Å². The Kier molecular flexibility index (Phi) is 29.6. The molecule has 3 aliphatic rings. The van der Waals surface area contributed by atoms with Crippen molar-refractivity contribution < 1.29 is 74.1 Å². The van der Waals surface area contributed by atoms with Crippen LogP contribution >= 0.6 is 35.6 Å². The predicted octanol–water partition coefficient (Wildman–Crippen LogP) is 10.9. The molecule has 0 bridgehead atoms. The van der Waals surface area contributed by atoms with Crippen LogP contribution < -0.4 is 35.9 Å². The number of ketones is 1. The van der Waals surface area contributed by atoms with Crippen LogP contribution in [0.25, 0.3) is 0 Å². The highest BCUT2D eigenvalue weighted by Crippen LogP contribution is 2.40. The Morgan fingerprint density at radius 3 is 1.32 bits per heavy atom. The van der Waals surface area contributed by atoms with Gasteiger partial charge in [0.05, 0.1) is 33.4 Å². The Balaban J connectivity index is 0.000000396. The highest BCUT2D eigenvalue weighted by molar-refractivity contribution is 6.30. The average Bonchev–Trinajstić information content (AvgIpc) is 3.09. The second kappa shape index (κ2) is 34.0. The van der Waals surface area contributed by atoms with Crippen molar-refractivity contribution in [2.45, 2.75) is 96.1 Å². The highest BCUT2D eigenvalue weighted by Gasteiger charge is 2.38. The fourth-order valence-electron chi connectivity index (χ4n) is 9.33. The molecule has 25 heteroatoms. The second-order valence-corrected chi connectivity index (χ2v) is 20.9. The quantitative estimate of drug-likeness (QED) is 0.0286. The number of carbonyl (C=O) groups is 5. The van der Waals surface area contributed by atoms with E-state index in [2.05, 4.69) is 20.9 Å².